The number of ether oxygens (including phenoxy) is 3. The molecule has 0 radical (unpaired) electrons. The predicted molar refractivity (Wildman–Crippen MR) is 123 cm³/mol. The van der Waals surface area contributed by atoms with Crippen LogP contribution in [-0.4, -0.2) is 39.9 Å². The minimum Gasteiger partial charge on any atom is -0.497 e. The third-order valence-corrected chi connectivity index (χ3v) is 4.97. The number of hydrogen-bond acceptors (Lipinski definition) is 5. The van der Waals surface area contributed by atoms with Gasteiger partial charge in [-0.1, -0.05) is 12.1 Å². The van der Waals surface area contributed by atoms with Gasteiger partial charge in [-0.05, 0) is 49.6 Å². The fraction of sp³-hybridized carbons (Fsp3) is 0.320. The quantitative estimate of drug-likeness (QED) is 0.364. The molecule has 1 amide bonds. The summed E-state index contributed by atoms with van der Waals surface area (Å²) in [4.78, 5) is 12.3. The van der Waals surface area contributed by atoms with E-state index in [2.05, 4.69) is 5.32 Å². The summed E-state index contributed by atoms with van der Waals surface area (Å²) in [5, 5.41) is 3.84. The number of hydrogen-bond donors (Lipinski definition) is 1. The molecule has 6 heteroatoms. The maximum absolute atomic E-state index is 12.3. The number of allylic oxidation sites excluding steroid dienone is 1. The minimum atomic E-state index is -0.140. The van der Waals surface area contributed by atoms with Crippen LogP contribution in [0.4, 0.5) is 0 Å². The number of amides is 1. The van der Waals surface area contributed by atoms with Crippen molar-refractivity contribution in [3.8, 4) is 22.6 Å². The lowest BCUT2D eigenvalue weighted by Crippen LogP contribution is -2.23. The molecule has 164 valence electrons. The van der Waals surface area contributed by atoms with Gasteiger partial charge in [-0.2, -0.15) is 0 Å². The Morgan fingerprint density at radius 2 is 1.94 bits per heavy atom. The van der Waals surface area contributed by atoms with Crippen LogP contribution >= 0.6 is 0 Å². The van der Waals surface area contributed by atoms with Gasteiger partial charge in [0, 0.05) is 48.9 Å². The van der Waals surface area contributed by atoms with Gasteiger partial charge in [0.05, 0.1) is 20.0 Å². The summed E-state index contributed by atoms with van der Waals surface area (Å²) < 4.78 is 21.9. The zero-order valence-electron chi connectivity index (χ0n) is 18.5. The number of carbonyl (C=O) groups is 1. The van der Waals surface area contributed by atoms with Gasteiger partial charge in [0.2, 0.25) is 5.91 Å². The van der Waals surface area contributed by atoms with Gasteiger partial charge in [-0.15, -0.1) is 0 Å². The normalized spacial score (nSPS) is 11.5. The zero-order valence-corrected chi connectivity index (χ0v) is 18.5. The maximum atomic E-state index is 12.3. The van der Waals surface area contributed by atoms with Crippen LogP contribution in [0.3, 0.4) is 0 Å². The highest BCUT2D eigenvalue weighted by Crippen LogP contribution is 2.37. The standard InChI is InChI=1S/C25H29NO5/c1-5-30-23-15-24-21(22(16-31-24)18-7-9-19(29-4)10-8-18)14-20(23)17(2)13-25(27)26-11-6-12-28-3/h7-10,13-16H,5-6,11-12H2,1-4H3,(H,26,27)/b17-13+. The van der Waals surface area contributed by atoms with E-state index in [1.54, 1.807) is 26.6 Å². The van der Waals surface area contributed by atoms with Crippen molar-refractivity contribution >= 4 is 22.4 Å². The Bertz CT molecular complexity index is 1050. The van der Waals surface area contributed by atoms with Crippen LogP contribution in [-0.2, 0) is 9.53 Å². The van der Waals surface area contributed by atoms with Gasteiger partial charge in [0.1, 0.15) is 17.1 Å². The number of benzene rings is 2. The van der Waals surface area contributed by atoms with Crippen molar-refractivity contribution in [2.45, 2.75) is 20.3 Å². The molecule has 0 aliphatic heterocycles. The van der Waals surface area contributed by atoms with Gasteiger partial charge < -0.3 is 23.9 Å². The van der Waals surface area contributed by atoms with E-state index in [1.165, 1.54) is 0 Å². The van der Waals surface area contributed by atoms with Crippen LogP contribution in [0.5, 0.6) is 11.5 Å². The molecule has 0 saturated heterocycles. The first-order chi connectivity index (χ1) is 15.1. The van der Waals surface area contributed by atoms with Gasteiger partial charge >= 0.3 is 0 Å². The van der Waals surface area contributed by atoms with E-state index in [-0.39, 0.29) is 5.91 Å². The topological polar surface area (TPSA) is 69.9 Å². The van der Waals surface area contributed by atoms with Crippen LogP contribution in [0, 0.1) is 0 Å². The van der Waals surface area contributed by atoms with Crippen molar-refractivity contribution in [1.82, 2.24) is 5.32 Å². The summed E-state index contributed by atoms with van der Waals surface area (Å²) in [6, 6.07) is 11.7. The molecule has 31 heavy (non-hydrogen) atoms. The molecule has 3 rings (SSSR count). The fourth-order valence-electron chi connectivity index (χ4n) is 3.39. The van der Waals surface area contributed by atoms with E-state index < -0.39 is 0 Å². The first-order valence-corrected chi connectivity index (χ1v) is 10.3. The monoisotopic (exact) mass is 423 g/mol. The lowest BCUT2D eigenvalue weighted by atomic mass is 9.99. The molecule has 6 nitrogen and oxygen atoms in total. The van der Waals surface area contributed by atoms with Gasteiger partial charge in [-0.25, -0.2) is 0 Å². The first-order valence-electron chi connectivity index (χ1n) is 10.3. The highest BCUT2D eigenvalue weighted by Gasteiger charge is 2.15. The average molecular weight is 424 g/mol. The Hall–Kier alpha value is -3.25. The second-order valence-electron chi connectivity index (χ2n) is 7.12. The highest BCUT2D eigenvalue weighted by atomic mass is 16.5. The van der Waals surface area contributed by atoms with Crippen LogP contribution in [0.2, 0.25) is 0 Å². The SMILES string of the molecule is CCOc1cc2occ(-c3ccc(OC)cc3)c2cc1/C(C)=C/C(=O)NCCCOC. The Morgan fingerprint density at radius 1 is 1.16 bits per heavy atom. The van der Waals surface area contributed by atoms with E-state index in [4.69, 9.17) is 18.6 Å². The summed E-state index contributed by atoms with van der Waals surface area (Å²) in [6.45, 7) is 5.53. The van der Waals surface area contributed by atoms with Crippen LogP contribution in [0.15, 0.2) is 53.2 Å². The number of fused-ring (bicyclic) bond motifs is 1. The number of methoxy groups -OCH3 is 2. The average Bonchev–Trinajstić information content (AvgIpc) is 3.19. The predicted octanol–water partition coefficient (Wildman–Crippen LogP) is 5.06. The van der Waals surface area contributed by atoms with E-state index in [1.807, 2.05) is 50.2 Å². The Balaban J connectivity index is 1.95. The smallest absolute Gasteiger partial charge is 0.244 e. The maximum Gasteiger partial charge on any atom is 0.244 e. The molecule has 2 aromatic carbocycles. The van der Waals surface area contributed by atoms with Crippen molar-refractivity contribution in [3.63, 3.8) is 0 Å². The fourth-order valence-corrected chi connectivity index (χ4v) is 3.39. The number of carbonyl (C=O) groups excluding carboxylic acids is 1. The minimum absolute atomic E-state index is 0.140. The number of furan rings is 1. The second-order valence-corrected chi connectivity index (χ2v) is 7.12. The molecule has 0 saturated carbocycles. The molecule has 0 aliphatic carbocycles. The Kier molecular flexibility index (Phi) is 7.73. The number of rotatable bonds is 10. The van der Waals surface area contributed by atoms with Gasteiger partial charge in [-0.3, -0.25) is 4.79 Å². The molecule has 1 aromatic heterocycles. The van der Waals surface area contributed by atoms with Crippen molar-refractivity contribution in [2.24, 2.45) is 0 Å². The molecular weight excluding hydrogens is 394 g/mol. The van der Waals surface area contributed by atoms with Crippen molar-refractivity contribution < 1.29 is 23.4 Å². The third kappa shape index (κ3) is 5.47. The molecule has 0 spiro atoms. The molecule has 1 heterocycles. The van der Waals surface area contributed by atoms with Crippen molar-refractivity contribution in [2.75, 3.05) is 34.0 Å². The molecule has 0 aliphatic rings. The molecular formula is C25H29NO5. The summed E-state index contributed by atoms with van der Waals surface area (Å²) in [5.41, 5.74) is 4.40. The summed E-state index contributed by atoms with van der Waals surface area (Å²) in [6.07, 6.45) is 4.11. The molecule has 0 unspecified atom stereocenters. The van der Waals surface area contributed by atoms with Gasteiger partial charge in [0.25, 0.3) is 0 Å². The van der Waals surface area contributed by atoms with Crippen LogP contribution in [0.25, 0.3) is 27.7 Å². The Morgan fingerprint density at radius 3 is 2.61 bits per heavy atom. The summed E-state index contributed by atoms with van der Waals surface area (Å²) in [5.74, 6) is 1.34. The molecule has 1 N–H and O–H groups in total. The summed E-state index contributed by atoms with van der Waals surface area (Å²) >= 11 is 0. The van der Waals surface area contributed by atoms with Crippen molar-refractivity contribution in [3.05, 3.63) is 54.3 Å². The number of nitrogens with one attached hydrogen (secondary N) is 1. The highest BCUT2D eigenvalue weighted by molar-refractivity contribution is 6.00. The first kappa shape index (κ1) is 22.4. The molecule has 0 fully saturated rings. The van der Waals surface area contributed by atoms with Crippen LogP contribution < -0.4 is 14.8 Å². The van der Waals surface area contributed by atoms with E-state index >= 15 is 0 Å². The summed E-state index contributed by atoms with van der Waals surface area (Å²) in [7, 11) is 3.29. The van der Waals surface area contributed by atoms with E-state index in [0.717, 1.165) is 45.4 Å². The van der Waals surface area contributed by atoms with E-state index in [9.17, 15) is 4.79 Å². The molecule has 0 bridgehead atoms. The molecule has 3 aromatic rings. The van der Waals surface area contributed by atoms with Crippen LogP contribution in [0.1, 0.15) is 25.8 Å². The lowest BCUT2D eigenvalue weighted by molar-refractivity contribution is -0.116. The van der Waals surface area contributed by atoms with Crippen molar-refractivity contribution in [1.29, 1.82) is 0 Å². The lowest BCUT2D eigenvalue weighted by Gasteiger charge is -2.12. The van der Waals surface area contributed by atoms with E-state index in [0.29, 0.717) is 25.5 Å². The third-order valence-electron chi connectivity index (χ3n) is 4.97. The second kappa shape index (κ2) is 10.7. The molecule has 0 atom stereocenters. The Labute approximate surface area is 182 Å². The zero-order chi connectivity index (χ0) is 22.2. The largest absolute Gasteiger partial charge is 0.497 e. The van der Waals surface area contributed by atoms with Gasteiger partial charge in [0.15, 0.2) is 0 Å².